The van der Waals surface area contributed by atoms with Gasteiger partial charge < -0.3 is 28.8 Å². The molecule has 46 heavy (non-hydrogen) atoms. The van der Waals surface area contributed by atoms with Gasteiger partial charge in [-0.1, -0.05) is 74.2 Å². The van der Waals surface area contributed by atoms with Gasteiger partial charge in [0.15, 0.2) is 6.10 Å². The predicted octanol–water partition coefficient (Wildman–Crippen LogP) is 4.87. The Bertz CT molecular complexity index is 1460. The van der Waals surface area contributed by atoms with E-state index in [-0.39, 0.29) is 12.8 Å². The number of carbonyl (C=O) groups is 3. The molecule has 0 aromatic heterocycles. The first-order valence-corrected chi connectivity index (χ1v) is 13.8. The number of rotatable bonds is 8. The maximum atomic E-state index is 14.6. The van der Waals surface area contributed by atoms with Crippen LogP contribution in [-0.2, 0) is 49.3 Å². The number of hydrogen-bond donors (Lipinski definition) is 1. The Kier molecular flexibility index (Phi) is 9.37. The van der Waals surface area contributed by atoms with Crippen molar-refractivity contribution in [2.45, 2.75) is 61.6 Å². The van der Waals surface area contributed by atoms with Crippen LogP contribution in [0.1, 0.15) is 30.9 Å². The lowest BCUT2D eigenvalue weighted by molar-refractivity contribution is -0.285. The lowest BCUT2D eigenvalue weighted by Gasteiger charge is -2.47. The van der Waals surface area contributed by atoms with Crippen LogP contribution < -0.4 is 0 Å². The van der Waals surface area contributed by atoms with Gasteiger partial charge in [0.2, 0.25) is 0 Å². The third kappa shape index (κ3) is 5.14. The molecule has 1 aliphatic carbocycles. The lowest BCUT2D eigenvalue weighted by atomic mass is 9.61. The largest absolute Gasteiger partial charge is 0.457 e. The van der Waals surface area contributed by atoms with Gasteiger partial charge in [0, 0.05) is 25.3 Å². The maximum Gasteiger partial charge on any atom is 0.432 e. The van der Waals surface area contributed by atoms with Gasteiger partial charge in [0.25, 0.3) is 11.2 Å². The third-order valence-corrected chi connectivity index (χ3v) is 8.67. The molecule has 4 rings (SSSR count). The molecule has 2 aromatic carbocycles. The maximum absolute atomic E-state index is 14.6. The van der Waals surface area contributed by atoms with Crippen LogP contribution in [-0.4, -0.2) is 67.9 Å². The van der Waals surface area contributed by atoms with E-state index in [0.717, 1.165) is 24.3 Å². The Morgan fingerprint density at radius 3 is 1.67 bits per heavy atom. The minimum atomic E-state index is -5.41. The van der Waals surface area contributed by atoms with Crippen molar-refractivity contribution < 1.29 is 69.5 Å². The fraction of sp³-hybridized carbons (Fsp3) is 0.452. The van der Waals surface area contributed by atoms with Gasteiger partial charge in [0.1, 0.15) is 23.4 Å². The molecule has 1 heterocycles. The van der Waals surface area contributed by atoms with Crippen molar-refractivity contribution in [1.82, 2.24) is 0 Å². The Labute approximate surface area is 259 Å². The summed E-state index contributed by atoms with van der Waals surface area (Å²) in [6.07, 6.45) is -17.4. The minimum Gasteiger partial charge on any atom is -0.457 e. The minimum absolute atomic E-state index is 0.143. The molecule has 1 spiro atoms. The topological polar surface area (TPSA) is 118 Å². The summed E-state index contributed by atoms with van der Waals surface area (Å²) in [5.74, 6) is -7.04. The standard InChI is InChI=1S/C31H30F6O9/c1-17-15-16-21(45-25(40)28(42-3,30(32,33)34)19-11-7-5-8-12-19)22(38)27(17)23(18(2)44-24(27)39)46-26(41)29(43-4,31(35,36)37)20-13-9-6-10-14-20/h5-14,17,21-23,38H,2,15-16H2,1,3-4H3/t17-,21+,22-,23+,27-,28-,29-/m1/s1. The Hall–Kier alpha value is -3.95. The van der Waals surface area contributed by atoms with Crippen LogP contribution in [0.15, 0.2) is 73.0 Å². The highest BCUT2D eigenvalue weighted by Gasteiger charge is 2.71. The van der Waals surface area contributed by atoms with Gasteiger partial charge >= 0.3 is 30.3 Å². The van der Waals surface area contributed by atoms with Crippen molar-refractivity contribution in [3.8, 4) is 0 Å². The van der Waals surface area contributed by atoms with Crippen LogP contribution in [0.25, 0.3) is 0 Å². The summed E-state index contributed by atoms with van der Waals surface area (Å²) in [6.45, 7) is 4.86. The summed E-state index contributed by atoms with van der Waals surface area (Å²) in [5.41, 5.74) is -11.1. The quantitative estimate of drug-likeness (QED) is 0.241. The molecule has 7 atom stereocenters. The monoisotopic (exact) mass is 660 g/mol. The number of aliphatic hydroxyl groups is 1. The summed E-state index contributed by atoms with van der Waals surface area (Å²) in [5, 5.41) is 11.6. The third-order valence-electron chi connectivity index (χ3n) is 8.67. The Morgan fingerprint density at radius 2 is 1.26 bits per heavy atom. The van der Waals surface area contributed by atoms with Gasteiger partial charge in [-0.2, -0.15) is 26.3 Å². The van der Waals surface area contributed by atoms with E-state index in [4.69, 9.17) is 23.7 Å². The second kappa shape index (κ2) is 12.3. The van der Waals surface area contributed by atoms with Gasteiger partial charge in [-0.3, -0.25) is 4.79 Å². The number of alkyl halides is 6. The molecule has 1 N–H and O–H groups in total. The van der Waals surface area contributed by atoms with Crippen molar-refractivity contribution in [2.75, 3.05) is 14.2 Å². The van der Waals surface area contributed by atoms with E-state index in [1.807, 2.05) is 0 Å². The normalized spacial score (nSPS) is 27.8. The first-order chi connectivity index (χ1) is 21.5. The fourth-order valence-corrected chi connectivity index (χ4v) is 6.25. The Balaban J connectivity index is 1.75. The zero-order valence-corrected chi connectivity index (χ0v) is 24.7. The number of benzene rings is 2. The van der Waals surface area contributed by atoms with E-state index in [2.05, 4.69) is 6.58 Å². The summed E-state index contributed by atoms with van der Waals surface area (Å²) in [6, 6.07) is 11.5. The number of esters is 3. The highest BCUT2D eigenvalue weighted by molar-refractivity contribution is 5.88. The van der Waals surface area contributed by atoms with Crippen molar-refractivity contribution >= 4 is 17.9 Å². The molecule has 2 fully saturated rings. The SMILES string of the molecule is C=C1OC(=O)[C@@]2([C@H](C)CC[C@H](OC(=O)[C@](OC)(c3ccccc3)C(F)(F)F)[C@H]2O)[C@H]1OC(=O)[C@](OC)(c1ccccc1)C(F)(F)F. The number of hydrogen-bond acceptors (Lipinski definition) is 9. The number of cyclic esters (lactones) is 1. The summed E-state index contributed by atoms with van der Waals surface area (Å²) in [7, 11) is 1.25. The van der Waals surface area contributed by atoms with Crippen LogP contribution in [0.3, 0.4) is 0 Å². The van der Waals surface area contributed by atoms with Crippen molar-refractivity contribution in [3.05, 3.63) is 84.1 Å². The molecule has 0 amide bonds. The van der Waals surface area contributed by atoms with Crippen molar-refractivity contribution in [3.63, 3.8) is 0 Å². The zero-order chi connectivity index (χ0) is 34.3. The number of carbonyl (C=O) groups excluding carboxylic acids is 3. The molecule has 250 valence electrons. The highest BCUT2D eigenvalue weighted by Crippen LogP contribution is 2.54. The van der Waals surface area contributed by atoms with E-state index < -0.39 is 88.0 Å². The molecular weight excluding hydrogens is 630 g/mol. The van der Waals surface area contributed by atoms with Gasteiger partial charge in [0.05, 0.1) is 0 Å². The average molecular weight is 661 g/mol. The van der Waals surface area contributed by atoms with E-state index >= 15 is 0 Å². The number of methoxy groups -OCH3 is 2. The van der Waals surface area contributed by atoms with Gasteiger partial charge in [-0.15, -0.1) is 0 Å². The predicted molar refractivity (Wildman–Crippen MR) is 144 cm³/mol. The highest BCUT2D eigenvalue weighted by atomic mass is 19.4. The summed E-state index contributed by atoms with van der Waals surface area (Å²) >= 11 is 0. The Morgan fingerprint density at radius 1 is 0.826 bits per heavy atom. The number of ether oxygens (including phenoxy) is 5. The molecule has 0 unspecified atom stereocenters. The van der Waals surface area contributed by atoms with Crippen LogP contribution in [0.5, 0.6) is 0 Å². The van der Waals surface area contributed by atoms with Crippen LogP contribution in [0.2, 0.25) is 0 Å². The number of halogens is 6. The molecule has 0 radical (unpaired) electrons. The van der Waals surface area contributed by atoms with E-state index in [1.54, 1.807) is 0 Å². The molecule has 1 saturated carbocycles. The van der Waals surface area contributed by atoms with E-state index in [9.17, 15) is 45.8 Å². The van der Waals surface area contributed by atoms with Gasteiger partial charge in [-0.05, 0) is 18.8 Å². The van der Waals surface area contributed by atoms with Crippen molar-refractivity contribution in [1.29, 1.82) is 0 Å². The fourth-order valence-electron chi connectivity index (χ4n) is 6.25. The number of aliphatic hydroxyl groups excluding tert-OH is 1. The average Bonchev–Trinajstić information content (AvgIpc) is 3.23. The molecule has 1 saturated heterocycles. The van der Waals surface area contributed by atoms with Crippen molar-refractivity contribution in [2.24, 2.45) is 11.3 Å². The van der Waals surface area contributed by atoms with E-state index in [1.165, 1.54) is 43.3 Å². The molecular formula is C31H30F6O9. The first-order valence-electron chi connectivity index (χ1n) is 13.8. The van der Waals surface area contributed by atoms with Gasteiger partial charge in [-0.25, -0.2) is 9.59 Å². The second-order valence-electron chi connectivity index (χ2n) is 10.9. The molecule has 1 aliphatic heterocycles. The second-order valence-corrected chi connectivity index (χ2v) is 10.9. The first kappa shape index (κ1) is 34.9. The van der Waals surface area contributed by atoms with E-state index in [0.29, 0.717) is 14.2 Å². The van der Waals surface area contributed by atoms with Crippen LogP contribution >= 0.6 is 0 Å². The zero-order valence-electron chi connectivity index (χ0n) is 24.7. The molecule has 15 heteroatoms. The molecule has 2 aliphatic rings. The molecule has 9 nitrogen and oxygen atoms in total. The molecule has 0 bridgehead atoms. The van der Waals surface area contributed by atoms with Crippen LogP contribution in [0, 0.1) is 11.3 Å². The molecule has 2 aromatic rings. The van der Waals surface area contributed by atoms with Crippen LogP contribution in [0.4, 0.5) is 26.3 Å². The lowest BCUT2D eigenvalue weighted by Crippen LogP contribution is -2.62. The smallest absolute Gasteiger partial charge is 0.432 e. The summed E-state index contributed by atoms with van der Waals surface area (Å²) < 4.78 is 112. The summed E-state index contributed by atoms with van der Waals surface area (Å²) in [4.78, 5) is 40.2.